The monoisotopic (exact) mass is 384 g/mol. The molecular formula is C17H21FN2O3S2. The molecule has 1 atom stereocenters. The normalized spacial score (nSPS) is 12.8. The smallest absolute Gasteiger partial charge is 0.235 e. The van der Waals surface area contributed by atoms with Crippen molar-refractivity contribution in [3.63, 3.8) is 0 Å². The Labute approximate surface area is 151 Å². The van der Waals surface area contributed by atoms with Gasteiger partial charge in [-0.25, -0.2) is 17.8 Å². The molecule has 1 N–H and O–H groups in total. The second-order valence-corrected chi connectivity index (χ2v) is 8.86. The summed E-state index contributed by atoms with van der Waals surface area (Å²) in [4.78, 5) is 16.3. The lowest BCUT2D eigenvalue weighted by Gasteiger charge is -2.14. The molecule has 136 valence electrons. The number of carbonyl (C=O) groups excluding carboxylic acids is 1. The molecule has 1 heterocycles. The number of sulfone groups is 1. The number of carbonyl (C=O) groups is 1. The second kappa shape index (κ2) is 8.53. The van der Waals surface area contributed by atoms with E-state index in [1.54, 1.807) is 24.4 Å². The summed E-state index contributed by atoms with van der Waals surface area (Å²) in [6, 6.07) is 5.30. The number of amides is 1. The van der Waals surface area contributed by atoms with Gasteiger partial charge in [-0.15, -0.1) is 11.3 Å². The van der Waals surface area contributed by atoms with Crippen molar-refractivity contribution in [3.8, 4) is 0 Å². The summed E-state index contributed by atoms with van der Waals surface area (Å²) < 4.78 is 37.3. The van der Waals surface area contributed by atoms with Gasteiger partial charge in [-0.2, -0.15) is 0 Å². The Morgan fingerprint density at radius 1 is 1.32 bits per heavy atom. The maximum atomic E-state index is 12.9. The molecule has 1 aromatic carbocycles. The van der Waals surface area contributed by atoms with Crippen LogP contribution in [0, 0.1) is 5.82 Å². The third kappa shape index (κ3) is 6.21. The molecule has 0 bridgehead atoms. The fourth-order valence-electron chi connectivity index (χ4n) is 2.34. The number of benzene rings is 1. The Hall–Kier alpha value is -1.80. The van der Waals surface area contributed by atoms with E-state index in [9.17, 15) is 17.6 Å². The van der Waals surface area contributed by atoms with Crippen LogP contribution in [0.4, 0.5) is 4.39 Å². The molecule has 1 aromatic heterocycles. The Kier molecular flexibility index (Phi) is 6.66. The van der Waals surface area contributed by atoms with Gasteiger partial charge in [0.25, 0.3) is 0 Å². The van der Waals surface area contributed by atoms with Gasteiger partial charge in [-0.3, -0.25) is 4.79 Å². The molecule has 5 nitrogen and oxygen atoms in total. The predicted molar refractivity (Wildman–Crippen MR) is 96.6 cm³/mol. The molecular weight excluding hydrogens is 363 g/mol. The first-order chi connectivity index (χ1) is 11.8. The van der Waals surface area contributed by atoms with Gasteiger partial charge in [0, 0.05) is 5.38 Å². The number of nitrogens with zero attached hydrogens (tertiary/aromatic N) is 1. The summed E-state index contributed by atoms with van der Waals surface area (Å²) >= 11 is 1.44. The third-order valence-electron chi connectivity index (χ3n) is 3.53. The van der Waals surface area contributed by atoms with Crippen molar-refractivity contribution in [2.75, 3.05) is 5.75 Å². The van der Waals surface area contributed by atoms with E-state index in [4.69, 9.17) is 0 Å². The summed E-state index contributed by atoms with van der Waals surface area (Å²) in [7, 11) is -3.60. The molecule has 2 aromatic rings. The highest BCUT2D eigenvalue weighted by molar-refractivity contribution is 7.91. The van der Waals surface area contributed by atoms with Gasteiger partial charge in [0.1, 0.15) is 11.6 Å². The van der Waals surface area contributed by atoms with Gasteiger partial charge in [0.05, 0.1) is 22.5 Å². The molecule has 0 saturated carbocycles. The quantitative estimate of drug-likeness (QED) is 0.759. The van der Waals surface area contributed by atoms with Crippen LogP contribution in [0.1, 0.15) is 42.6 Å². The summed E-state index contributed by atoms with van der Waals surface area (Å²) in [6.45, 7) is 3.75. The highest BCUT2D eigenvalue weighted by Gasteiger charge is 2.20. The molecule has 1 amide bonds. The molecule has 0 spiro atoms. The standard InChI is InChI=1S/C17H21FN2O3S2/c1-3-4-17-20-15(9-24-17)10-25(22,23)11-16(21)19-12(2)13-5-7-14(18)8-6-13/h5-9,12H,3-4,10-11H2,1-2H3,(H,19,21). The Balaban J connectivity index is 1.92. The fourth-order valence-corrected chi connectivity index (χ4v) is 4.53. The highest BCUT2D eigenvalue weighted by atomic mass is 32.2. The van der Waals surface area contributed by atoms with Gasteiger partial charge in [0.2, 0.25) is 5.91 Å². The largest absolute Gasteiger partial charge is 0.349 e. The summed E-state index contributed by atoms with van der Waals surface area (Å²) in [5.74, 6) is -1.79. The van der Waals surface area contributed by atoms with Crippen LogP contribution in [0.2, 0.25) is 0 Å². The maximum absolute atomic E-state index is 12.9. The first-order valence-corrected chi connectivity index (χ1v) is 10.7. The van der Waals surface area contributed by atoms with E-state index < -0.39 is 27.5 Å². The van der Waals surface area contributed by atoms with Crippen LogP contribution in [-0.2, 0) is 26.8 Å². The molecule has 0 aliphatic carbocycles. The van der Waals surface area contributed by atoms with Crippen molar-refractivity contribution in [1.82, 2.24) is 10.3 Å². The van der Waals surface area contributed by atoms with E-state index >= 15 is 0 Å². The van der Waals surface area contributed by atoms with Crippen molar-refractivity contribution in [2.24, 2.45) is 0 Å². The van der Waals surface area contributed by atoms with E-state index in [0.29, 0.717) is 11.3 Å². The van der Waals surface area contributed by atoms with Crippen LogP contribution >= 0.6 is 11.3 Å². The molecule has 0 radical (unpaired) electrons. The number of hydrogen-bond acceptors (Lipinski definition) is 5. The molecule has 0 fully saturated rings. The van der Waals surface area contributed by atoms with Gasteiger partial charge in [-0.1, -0.05) is 19.1 Å². The topological polar surface area (TPSA) is 76.1 Å². The van der Waals surface area contributed by atoms with E-state index in [1.807, 2.05) is 6.92 Å². The zero-order valence-electron chi connectivity index (χ0n) is 14.2. The lowest BCUT2D eigenvalue weighted by molar-refractivity contribution is -0.119. The van der Waals surface area contributed by atoms with E-state index in [2.05, 4.69) is 10.3 Å². The molecule has 0 aliphatic heterocycles. The number of hydrogen-bond donors (Lipinski definition) is 1. The zero-order chi connectivity index (χ0) is 18.4. The number of aromatic nitrogens is 1. The number of nitrogens with one attached hydrogen (secondary N) is 1. The number of aryl methyl sites for hydroxylation is 1. The van der Waals surface area contributed by atoms with Crippen LogP contribution < -0.4 is 5.32 Å². The molecule has 0 saturated heterocycles. The van der Waals surface area contributed by atoms with Crippen molar-refractivity contribution in [1.29, 1.82) is 0 Å². The van der Waals surface area contributed by atoms with Crippen molar-refractivity contribution < 1.29 is 17.6 Å². The second-order valence-electron chi connectivity index (χ2n) is 5.86. The molecule has 25 heavy (non-hydrogen) atoms. The van der Waals surface area contributed by atoms with Crippen LogP contribution in [-0.4, -0.2) is 25.1 Å². The summed E-state index contributed by atoms with van der Waals surface area (Å²) in [5, 5.41) is 5.25. The predicted octanol–water partition coefficient (Wildman–Crippen LogP) is 3.03. The molecule has 1 unspecified atom stereocenters. The summed E-state index contributed by atoms with van der Waals surface area (Å²) in [6.07, 6.45) is 1.77. The minimum Gasteiger partial charge on any atom is -0.349 e. The zero-order valence-corrected chi connectivity index (χ0v) is 15.8. The van der Waals surface area contributed by atoms with Crippen LogP contribution in [0.5, 0.6) is 0 Å². The molecule has 8 heteroatoms. The minimum atomic E-state index is -3.60. The maximum Gasteiger partial charge on any atom is 0.235 e. The van der Waals surface area contributed by atoms with Crippen molar-refractivity contribution in [3.05, 3.63) is 51.7 Å². The molecule has 2 rings (SSSR count). The number of rotatable bonds is 8. The van der Waals surface area contributed by atoms with Gasteiger partial charge >= 0.3 is 0 Å². The highest BCUT2D eigenvalue weighted by Crippen LogP contribution is 2.15. The van der Waals surface area contributed by atoms with Crippen LogP contribution in [0.25, 0.3) is 0 Å². The van der Waals surface area contributed by atoms with Gasteiger partial charge < -0.3 is 5.32 Å². The average molecular weight is 384 g/mol. The van der Waals surface area contributed by atoms with E-state index in [1.165, 1.54) is 23.5 Å². The fraction of sp³-hybridized carbons (Fsp3) is 0.412. The number of thiazole rings is 1. The lowest BCUT2D eigenvalue weighted by atomic mass is 10.1. The van der Waals surface area contributed by atoms with Gasteiger partial charge in [0.15, 0.2) is 9.84 Å². The van der Waals surface area contributed by atoms with Crippen LogP contribution in [0.15, 0.2) is 29.6 Å². The summed E-state index contributed by atoms with van der Waals surface area (Å²) in [5.41, 5.74) is 1.18. The Bertz CT molecular complexity index is 817. The minimum absolute atomic E-state index is 0.244. The molecule has 0 aliphatic rings. The SMILES string of the molecule is CCCc1nc(CS(=O)(=O)CC(=O)NC(C)c2ccc(F)cc2)cs1. The number of halogens is 1. The average Bonchev–Trinajstić information content (AvgIpc) is 2.93. The van der Waals surface area contributed by atoms with E-state index in [0.717, 1.165) is 17.8 Å². The Morgan fingerprint density at radius 2 is 2.00 bits per heavy atom. The van der Waals surface area contributed by atoms with Crippen LogP contribution in [0.3, 0.4) is 0 Å². The third-order valence-corrected chi connectivity index (χ3v) is 5.92. The lowest BCUT2D eigenvalue weighted by Crippen LogP contribution is -2.32. The first-order valence-electron chi connectivity index (χ1n) is 7.97. The Morgan fingerprint density at radius 3 is 2.64 bits per heavy atom. The van der Waals surface area contributed by atoms with Crippen molar-refractivity contribution >= 4 is 27.1 Å². The van der Waals surface area contributed by atoms with E-state index in [-0.39, 0.29) is 11.6 Å². The van der Waals surface area contributed by atoms with Gasteiger partial charge in [-0.05, 0) is 37.5 Å². The van der Waals surface area contributed by atoms with Crippen molar-refractivity contribution in [2.45, 2.75) is 38.5 Å². The first kappa shape index (κ1) is 19.5.